The van der Waals surface area contributed by atoms with Crippen molar-refractivity contribution in [2.75, 3.05) is 0 Å². The topological polar surface area (TPSA) is 22.1 Å². The van der Waals surface area contributed by atoms with Gasteiger partial charge in [-0.05, 0) is 29.8 Å². The molecule has 1 heterocycles. The smallest absolute Gasteiger partial charge is 0.387 e. The number of hydrogen-bond acceptors (Lipinski definition) is 2. The maximum Gasteiger partial charge on any atom is 0.387 e. The van der Waals surface area contributed by atoms with E-state index in [-0.39, 0.29) is 10.6 Å². The molecule has 0 amide bonds. The quantitative estimate of drug-likeness (QED) is 0.761. The van der Waals surface area contributed by atoms with Gasteiger partial charge in [0.1, 0.15) is 5.75 Å². The molecule has 1 aromatic heterocycles. The SMILES string of the molecule is FC(F)Oc1cccc(C(Br)Cc2ccccn2)c1. The van der Waals surface area contributed by atoms with Gasteiger partial charge in [-0.3, -0.25) is 4.98 Å². The maximum absolute atomic E-state index is 12.2. The van der Waals surface area contributed by atoms with Crippen molar-refractivity contribution in [1.82, 2.24) is 4.98 Å². The maximum atomic E-state index is 12.2. The molecular weight excluding hydrogens is 316 g/mol. The van der Waals surface area contributed by atoms with Crippen LogP contribution >= 0.6 is 15.9 Å². The lowest BCUT2D eigenvalue weighted by Gasteiger charge is -2.11. The number of aromatic nitrogens is 1. The highest BCUT2D eigenvalue weighted by atomic mass is 79.9. The highest BCUT2D eigenvalue weighted by Crippen LogP contribution is 2.29. The van der Waals surface area contributed by atoms with Gasteiger partial charge >= 0.3 is 6.61 Å². The predicted molar refractivity (Wildman–Crippen MR) is 72.7 cm³/mol. The van der Waals surface area contributed by atoms with E-state index in [1.807, 2.05) is 24.3 Å². The third-order valence-electron chi connectivity index (χ3n) is 2.56. The Balaban J connectivity index is 2.08. The van der Waals surface area contributed by atoms with Gasteiger partial charge in [-0.15, -0.1) is 0 Å². The number of alkyl halides is 3. The number of ether oxygens (including phenoxy) is 1. The average Bonchev–Trinajstić information content (AvgIpc) is 2.39. The third-order valence-corrected chi connectivity index (χ3v) is 3.41. The van der Waals surface area contributed by atoms with Crippen molar-refractivity contribution < 1.29 is 13.5 Å². The lowest BCUT2D eigenvalue weighted by molar-refractivity contribution is -0.0498. The lowest BCUT2D eigenvalue weighted by atomic mass is 10.1. The van der Waals surface area contributed by atoms with Crippen LogP contribution in [0.2, 0.25) is 0 Å². The molecule has 1 atom stereocenters. The van der Waals surface area contributed by atoms with Crippen LogP contribution in [-0.4, -0.2) is 11.6 Å². The zero-order valence-corrected chi connectivity index (χ0v) is 11.6. The van der Waals surface area contributed by atoms with Gasteiger partial charge in [0.2, 0.25) is 0 Å². The van der Waals surface area contributed by atoms with Gasteiger partial charge in [-0.1, -0.05) is 34.1 Å². The monoisotopic (exact) mass is 327 g/mol. The molecular formula is C14H12BrF2NO. The van der Waals surface area contributed by atoms with Crippen LogP contribution in [-0.2, 0) is 6.42 Å². The molecule has 19 heavy (non-hydrogen) atoms. The normalized spacial score (nSPS) is 12.4. The summed E-state index contributed by atoms with van der Waals surface area (Å²) in [5.41, 5.74) is 1.81. The van der Waals surface area contributed by atoms with E-state index in [4.69, 9.17) is 0 Å². The highest BCUT2D eigenvalue weighted by Gasteiger charge is 2.11. The summed E-state index contributed by atoms with van der Waals surface area (Å²) in [6.45, 7) is -2.81. The summed E-state index contributed by atoms with van der Waals surface area (Å²) in [5, 5.41) is 0. The Morgan fingerprint density at radius 2 is 2.00 bits per heavy atom. The van der Waals surface area contributed by atoms with Gasteiger partial charge in [0.05, 0.1) is 0 Å². The molecule has 0 fully saturated rings. The fourth-order valence-electron chi connectivity index (χ4n) is 1.71. The largest absolute Gasteiger partial charge is 0.435 e. The van der Waals surface area contributed by atoms with E-state index < -0.39 is 6.61 Å². The lowest BCUT2D eigenvalue weighted by Crippen LogP contribution is -2.03. The van der Waals surface area contributed by atoms with Gasteiger partial charge in [0.25, 0.3) is 0 Å². The molecule has 0 aliphatic carbocycles. The molecule has 1 unspecified atom stereocenters. The van der Waals surface area contributed by atoms with Crippen LogP contribution < -0.4 is 4.74 Å². The molecule has 0 bridgehead atoms. The number of halogens is 3. The summed E-state index contributed by atoms with van der Waals surface area (Å²) < 4.78 is 28.7. The average molecular weight is 328 g/mol. The molecule has 5 heteroatoms. The van der Waals surface area contributed by atoms with Crippen molar-refractivity contribution >= 4 is 15.9 Å². The number of hydrogen-bond donors (Lipinski definition) is 0. The van der Waals surface area contributed by atoms with Gasteiger partial charge in [0.15, 0.2) is 0 Å². The van der Waals surface area contributed by atoms with Crippen LogP contribution in [0.4, 0.5) is 8.78 Å². The first-order chi connectivity index (χ1) is 9.15. The van der Waals surface area contributed by atoms with Crippen molar-refractivity contribution in [1.29, 1.82) is 0 Å². The molecule has 2 rings (SSSR count). The molecule has 1 aromatic carbocycles. The minimum Gasteiger partial charge on any atom is -0.435 e. The third kappa shape index (κ3) is 4.28. The second-order valence-corrected chi connectivity index (χ2v) is 5.05. The van der Waals surface area contributed by atoms with Gasteiger partial charge in [-0.2, -0.15) is 8.78 Å². The van der Waals surface area contributed by atoms with E-state index in [0.717, 1.165) is 11.3 Å². The number of rotatable bonds is 5. The Bertz CT molecular complexity index is 522. The molecule has 0 N–H and O–H groups in total. The summed E-state index contributed by atoms with van der Waals surface area (Å²) in [7, 11) is 0. The van der Waals surface area contributed by atoms with Crippen LogP contribution in [0.25, 0.3) is 0 Å². The molecule has 2 aromatic rings. The minimum absolute atomic E-state index is 0.00335. The van der Waals surface area contributed by atoms with E-state index in [9.17, 15) is 8.78 Å². The number of pyridine rings is 1. The summed E-state index contributed by atoms with van der Waals surface area (Å²) in [6.07, 6.45) is 2.41. The molecule has 0 aliphatic heterocycles. The van der Waals surface area contributed by atoms with Crippen LogP contribution in [0.5, 0.6) is 5.75 Å². The van der Waals surface area contributed by atoms with E-state index in [1.54, 1.807) is 18.3 Å². The van der Waals surface area contributed by atoms with Crippen LogP contribution in [0.15, 0.2) is 48.7 Å². The van der Waals surface area contributed by atoms with Crippen molar-refractivity contribution in [2.24, 2.45) is 0 Å². The summed E-state index contributed by atoms with van der Waals surface area (Å²) >= 11 is 3.54. The molecule has 0 radical (unpaired) electrons. The van der Waals surface area contributed by atoms with Crippen molar-refractivity contribution in [3.05, 3.63) is 59.9 Å². The van der Waals surface area contributed by atoms with Crippen LogP contribution in [0.1, 0.15) is 16.1 Å². The Labute approximate surface area is 118 Å². The Morgan fingerprint density at radius 3 is 2.68 bits per heavy atom. The Kier molecular flexibility index (Phi) is 4.85. The first-order valence-electron chi connectivity index (χ1n) is 5.74. The minimum atomic E-state index is -2.81. The second-order valence-electron chi connectivity index (χ2n) is 3.94. The summed E-state index contributed by atoms with van der Waals surface area (Å²) in [4.78, 5) is 4.24. The Hall–Kier alpha value is -1.49. The highest BCUT2D eigenvalue weighted by molar-refractivity contribution is 9.09. The van der Waals surface area contributed by atoms with E-state index in [1.165, 1.54) is 6.07 Å². The van der Waals surface area contributed by atoms with Crippen molar-refractivity contribution in [3.63, 3.8) is 0 Å². The molecule has 0 aliphatic rings. The standard InChI is InChI=1S/C14H12BrF2NO/c15-13(9-11-5-1-2-7-18-11)10-4-3-6-12(8-10)19-14(16)17/h1-8,13-14H,9H2. The molecule has 100 valence electrons. The zero-order chi connectivity index (χ0) is 13.7. The zero-order valence-electron chi connectivity index (χ0n) is 9.97. The predicted octanol–water partition coefficient (Wildman–Crippen LogP) is 4.36. The first kappa shape index (κ1) is 13.9. The van der Waals surface area contributed by atoms with Crippen molar-refractivity contribution in [2.45, 2.75) is 17.9 Å². The second kappa shape index (κ2) is 6.61. The van der Waals surface area contributed by atoms with Crippen LogP contribution in [0.3, 0.4) is 0 Å². The van der Waals surface area contributed by atoms with Crippen molar-refractivity contribution in [3.8, 4) is 5.75 Å². The molecule has 0 spiro atoms. The molecule has 0 saturated heterocycles. The molecule has 0 saturated carbocycles. The van der Waals surface area contributed by atoms with Crippen LogP contribution in [0, 0.1) is 0 Å². The summed E-state index contributed by atoms with van der Waals surface area (Å²) in [5.74, 6) is 0.165. The Morgan fingerprint density at radius 1 is 1.16 bits per heavy atom. The van der Waals surface area contributed by atoms with E-state index in [0.29, 0.717) is 6.42 Å². The fraction of sp³-hybridized carbons (Fsp3) is 0.214. The van der Waals surface area contributed by atoms with Gasteiger partial charge in [0, 0.05) is 23.1 Å². The van der Waals surface area contributed by atoms with Gasteiger partial charge in [-0.25, -0.2) is 0 Å². The van der Waals surface area contributed by atoms with E-state index in [2.05, 4.69) is 25.7 Å². The van der Waals surface area contributed by atoms with E-state index >= 15 is 0 Å². The molecule has 2 nitrogen and oxygen atoms in total. The van der Waals surface area contributed by atoms with Gasteiger partial charge < -0.3 is 4.74 Å². The summed E-state index contributed by atoms with van der Waals surface area (Å²) in [6, 6.07) is 12.4. The number of benzene rings is 1. The first-order valence-corrected chi connectivity index (χ1v) is 6.65. The number of nitrogens with zero attached hydrogens (tertiary/aromatic N) is 1. The fourth-order valence-corrected chi connectivity index (χ4v) is 2.32.